The minimum Gasteiger partial charge on any atom is -0.326 e. The third-order valence-electron chi connectivity index (χ3n) is 7.67. The third-order valence-corrected chi connectivity index (χ3v) is 7.67. The Bertz CT molecular complexity index is 1540. The number of benzene rings is 1. The highest BCUT2D eigenvalue weighted by Crippen LogP contribution is 2.31. The molecule has 1 fully saturated rings. The molecule has 0 amide bonds. The summed E-state index contributed by atoms with van der Waals surface area (Å²) in [5.74, 6) is 0.179. The molecule has 1 aromatic carbocycles. The zero-order chi connectivity index (χ0) is 29.3. The Kier molecular flexibility index (Phi) is 8.37. The highest BCUT2D eigenvalue weighted by atomic mass is 19.1. The average Bonchev–Trinajstić information content (AvgIpc) is 3.32. The van der Waals surface area contributed by atoms with Crippen molar-refractivity contribution in [2.24, 2.45) is 0 Å². The molecule has 41 heavy (non-hydrogen) atoms. The number of imidazole rings is 1. The fourth-order valence-corrected chi connectivity index (χ4v) is 5.57. The van der Waals surface area contributed by atoms with E-state index in [0.29, 0.717) is 23.6 Å². The van der Waals surface area contributed by atoms with Crippen molar-refractivity contribution in [1.29, 1.82) is 0 Å². The summed E-state index contributed by atoms with van der Waals surface area (Å²) in [4.78, 5) is 34.8. The number of likely N-dealkylation sites (N-methyl/N-ethyl adjacent to an activating group) is 1. The molecule has 0 spiro atoms. The molecule has 0 unspecified atom stereocenters. The first-order valence-corrected chi connectivity index (χ1v) is 14.1. The molecule has 5 rings (SSSR count). The van der Waals surface area contributed by atoms with Gasteiger partial charge < -0.3 is 14.8 Å². The Hall–Kier alpha value is -3.83. The van der Waals surface area contributed by atoms with E-state index in [4.69, 9.17) is 0 Å². The van der Waals surface area contributed by atoms with Gasteiger partial charge in [0.2, 0.25) is 5.95 Å². The van der Waals surface area contributed by atoms with Crippen LogP contribution in [0.25, 0.3) is 22.3 Å². The number of rotatable bonds is 9. The Morgan fingerprint density at radius 3 is 2.39 bits per heavy atom. The molecule has 0 bridgehead atoms. The fraction of sp³-hybridized carbons (Fsp3) is 0.433. The fourth-order valence-electron chi connectivity index (χ4n) is 5.57. The minimum atomic E-state index is -0.672. The average molecular weight is 563 g/mol. The number of fused-ring (bicyclic) bond motifs is 1. The van der Waals surface area contributed by atoms with Gasteiger partial charge in [0.1, 0.15) is 22.9 Å². The molecule has 1 aliphatic rings. The summed E-state index contributed by atoms with van der Waals surface area (Å²) >= 11 is 0. The van der Waals surface area contributed by atoms with Crippen molar-refractivity contribution in [2.45, 2.75) is 53.1 Å². The van der Waals surface area contributed by atoms with E-state index >= 15 is 4.39 Å². The summed E-state index contributed by atoms with van der Waals surface area (Å²) in [5.41, 5.74) is 1.89. The third kappa shape index (κ3) is 5.82. The predicted molar refractivity (Wildman–Crippen MR) is 155 cm³/mol. The number of ketones is 1. The quantitative estimate of drug-likeness (QED) is 0.288. The van der Waals surface area contributed by atoms with Gasteiger partial charge in [-0.05, 0) is 51.1 Å². The highest BCUT2D eigenvalue weighted by Gasteiger charge is 2.29. The lowest BCUT2D eigenvalue weighted by atomic mass is 10.00. The molecule has 0 saturated carbocycles. The molecule has 0 aliphatic carbocycles. The zero-order valence-electron chi connectivity index (χ0n) is 24.2. The summed E-state index contributed by atoms with van der Waals surface area (Å²) < 4.78 is 31.8. The first kappa shape index (κ1) is 28.7. The van der Waals surface area contributed by atoms with Gasteiger partial charge in [-0.15, -0.1) is 0 Å². The number of halogens is 2. The molecule has 1 saturated heterocycles. The second-order valence-corrected chi connectivity index (χ2v) is 10.6. The first-order valence-electron chi connectivity index (χ1n) is 14.1. The number of pyridine rings is 1. The van der Waals surface area contributed by atoms with Crippen LogP contribution in [0.15, 0.2) is 36.7 Å². The van der Waals surface area contributed by atoms with Gasteiger partial charge in [-0.3, -0.25) is 9.69 Å². The van der Waals surface area contributed by atoms with Crippen molar-refractivity contribution in [3.63, 3.8) is 0 Å². The van der Waals surface area contributed by atoms with Gasteiger partial charge in [-0.1, -0.05) is 19.9 Å². The number of nitrogens with zero attached hydrogens (tertiary/aromatic N) is 7. The van der Waals surface area contributed by atoms with E-state index in [9.17, 15) is 9.18 Å². The molecule has 1 N–H and O–H groups in total. The van der Waals surface area contributed by atoms with Gasteiger partial charge in [0, 0.05) is 50.4 Å². The topological polar surface area (TPSA) is 92.1 Å². The highest BCUT2D eigenvalue weighted by molar-refractivity contribution is 5.85. The van der Waals surface area contributed by atoms with E-state index in [2.05, 4.69) is 42.0 Å². The maximum atomic E-state index is 15.0. The summed E-state index contributed by atoms with van der Waals surface area (Å²) in [6.45, 7) is 14.3. The van der Waals surface area contributed by atoms with Crippen LogP contribution in [0.2, 0.25) is 0 Å². The van der Waals surface area contributed by atoms with Gasteiger partial charge in [0.05, 0.1) is 17.8 Å². The maximum absolute atomic E-state index is 15.0. The van der Waals surface area contributed by atoms with Gasteiger partial charge >= 0.3 is 0 Å². The smallest absolute Gasteiger partial charge is 0.229 e. The molecular formula is C30H36F2N8O. The summed E-state index contributed by atoms with van der Waals surface area (Å²) in [6, 6.07) is 6.28. The number of aromatic nitrogens is 5. The lowest BCUT2D eigenvalue weighted by Crippen LogP contribution is -2.49. The van der Waals surface area contributed by atoms with Crippen molar-refractivity contribution < 1.29 is 13.6 Å². The van der Waals surface area contributed by atoms with Crippen LogP contribution < -0.4 is 5.32 Å². The molecule has 9 nitrogen and oxygen atoms in total. The van der Waals surface area contributed by atoms with Gasteiger partial charge in [0.25, 0.3) is 0 Å². The number of aryl methyl sites for hydroxylation is 1. The molecule has 216 valence electrons. The molecule has 4 heterocycles. The molecular weight excluding hydrogens is 526 g/mol. The van der Waals surface area contributed by atoms with E-state index in [1.54, 1.807) is 18.3 Å². The predicted octanol–water partition coefficient (Wildman–Crippen LogP) is 5.46. The van der Waals surface area contributed by atoms with Gasteiger partial charge in [-0.2, -0.15) is 0 Å². The second-order valence-electron chi connectivity index (χ2n) is 10.6. The number of anilines is 2. The van der Waals surface area contributed by atoms with Crippen LogP contribution in [-0.4, -0.2) is 72.8 Å². The minimum absolute atomic E-state index is 0.0334. The lowest BCUT2D eigenvalue weighted by Gasteiger charge is -2.38. The van der Waals surface area contributed by atoms with E-state index in [1.807, 2.05) is 38.3 Å². The van der Waals surface area contributed by atoms with Crippen LogP contribution in [0.5, 0.6) is 0 Å². The van der Waals surface area contributed by atoms with Crippen molar-refractivity contribution in [3.8, 4) is 11.3 Å². The SMILES string of the molecule is CCC(=O)[C@@H](c1ccc(Nc2ncc(F)c(-c3cc(F)c4nc(C)n(C(C)C)c4c3)n2)nc1)N1CCN(CC)CC1. The summed E-state index contributed by atoms with van der Waals surface area (Å²) in [7, 11) is 0. The largest absolute Gasteiger partial charge is 0.326 e. The number of carbonyl (C=O) groups is 1. The first-order chi connectivity index (χ1) is 19.7. The Labute approximate surface area is 238 Å². The van der Waals surface area contributed by atoms with E-state index < -0.39 is 11.6 Å². The normalized spacial score (nSPS) is 15.5. The van der Waals surface area contributed by atoms with Crippen molar-refractivity contribution in [1.82, 2.24) is 34.3 Å². The molecule has 0 radical (unpaired) electrons. The maximum Gasteiger partial charge on any atom is 0.229 e. The number of Topliss-reactive ketones (excluding diaryl/α,β-unsaturated/α-hetero) is 1. The Morgan fingerprint density at radius 1 is 1.00 bits per heavy atom. The van der Waals surface area contributed by atoms with E-state index in [1.165, 1.54) is 6.07 Å². The van der Waals surface area contributed by atoms with E-state index in [-0.39, 0.29) is 40.6 Å². The van der Waals surface area contributed by atoms with E-state index in [0.717, 1.165) is 44.5 Å². The van der Waals surface area contributed by atoms with Gasteiger partial charge in [0.15, 0.2) is 17.4 Å². The van der Waals surface area contributed by atoms with Crippen LogP contribution in [-0.2, 0) is 4.79 Å². The standard InChI is InChI=1S/C30H36F2N8O/c1-6-25(41)29(39-12-10-38(7-2)11-13-39)20-8-9-26(33-16-20)36-30-34-17-23(32)27(37-30)21-14-22(31)28-24(15-21)40(18(3)4)19(5)35-28/h8-9,14-18,29H,6-7,10-13H2,1-5H3,(H,33,34,36,37)/t29-/m1/s1. The molecule has 11 heteroatoms. The number of hydrogen-bond acceptors (Lipinski definition) is 8. The molecule has 1 atom stereocenters. The lowest BCUT2D eigenvalue weighted by molar-refractivity contribution is -0.125. The van der Waals surface area contributed by atoms with Crippen LogP contribution in [0, 0.1) is 18.6 Å². The number of nitrogens with one attached hydrogen (secondary N) is 1. The summed E-state index contributed by atoms with van der Waals surface area (Å²) in [5, 5.41) is 3.01. The van der Waals surface area contributed by atoms with Crippen molar-refractivity contribution >= 4 is 28.6 Å². The van der Waals surface area contributed by atoms with Crippen LogP contribution >= 0.6 is 0 Å². The van der Waals surface area contributed by atoms with Crippen LogP contribution in [0.1, 0.15) is 57.6 Å². The number of carbonyl (C=O) groups excluding carboxylic acids is 1. The van der Waals surface area contributed by atoms with Crippen molar-refractivity contribution in [3.05, 3.63) is 59.7 Å². The Balaban J connectivity index is 1.40. The molecule has 3 aromatic heterocycles. The van der Waals surface area contributed by atoms with Crippen LogP contribution in [0.4, 0.5) is 20.5 Å². The molecule has 4 aromatic rings. The monoisotopic (exact) mass is 562 g/mol. The van der Waals surface area contributed by atoms with Gasteiger partial charge in [-0.25, -0.2) is 28.7 Å². The van der Waals surface area contributed by atoms with Crippen molar-refractivity contribution in [2.75, 3.05) is 38.0 Å². The number of piperazine rings is 1. The second kappa shape index (κ2) is 12.0. The number of hydrogen-bond donors (Lipinski definition) is 1. The van der Waals surface area contributed by atoms with Crippen LogP contribution in [0.3, 0.4) is 0 Å². The molecule has 1 aliphatic heterocycles. The summed E-state index contributed by atoms with van der Waals surface area (Å²) in [6.07, 6.45) is 3.18. The zero-order valence-corrected chi connectivity index (χ0v) is 24.2. The Morgan fingerprint density at radius 2 is 1.76 bits per heavy atom.